The molecule has 1 heterocycles. The van der Waals surface area contributed by atoms with Crippen molar-refractivity contribution in [2.75, 3.05) is 26.3 Å². The van der Waals surface area contributed by atoms with Gasteiger partial charge in [-0.05, 0) is 18.6 Å². The van der Waals surface area contributed by atoms with Gasteiger partial charge in [0.1, 0.15) is 5.69 Å². The minimum atomic E-state index is -0.153. The third-order valence-electron chi connectivity index (χ3n) is 1.91. The molecule has 0 radical (unpaired) electrons. The molecular weight excluding hydrogens is 206 g/mol. The van der Waals surface area contributed by atoms with Gasteiger partial charge in [0, 0.05) is 25.9 Å². The number of pyridine rings is 1. The number of ether oxygens (including phenoxy) is 1. The highest BCUT2D eigenvalue weighted by atomic mass is 16.5. The normalized spacial score (nSPS) is 10.1. The van der Waals surface area contributed by atoms with E-state index in [1.807, 2.05) is 0 Å². The number of nitrogens with one attached hydrogen (secondary N) is 1. The largest absolute Gasteiger partial charge is 0.380 e. The molecule has 3 N–H and O–H groups in total. The van der Waals surface area contributed by atoms with Crippen LogP contribution in [0.25, 0.3) is 0 Å². The summed E-state index contributed by atoms with van der Waals surface area (Å²) >= 11 is 0. The maximum absolute atomic E-state index is 11.5. The summed E-state index contributed by atoms with van der Waals surface area (Å²) in [6.07, 6.45) is 2.37. The Hall–Kier alpha value is -1.46. The van der Waals surface area contributed by atoms with E-state index in [-0.39, 0.29) is 5.91 Å². The van der Waals surface area contributed by atoms with Gasteiger partial charge >= 0.3 is 0 Å². The van der Waals surface area contributed by atoms with Crippen LogP contribution >= 0.6 is 0 Å². The van der Waals surface area contributed by atoms with Gasteiger partial charge in [0.15, 0.2) is 0 Å². The minimum Gasteiger partial charge on any atom is -0.380 e. The highest BCUT2D eigenvalue weighted by molar-refractivity contribution is 5.92. The van der Waals surface area contributed by atoms with E-state index in [2.05, 4.69) is 10.3 Å². The van der Waals surface area contributed by atoms with Crippen LogP contribution in [0.1, 0.15) is 16.9 Å². The molecule has 0 aliphatic rings. The Balaban J connectivity index is 2.12. The fourth-order valence-corrected chi connectivity index (χ4v) is 1.15. The SMILES string of the molecule is NCCOCCCNC(=O)c1ccccn1. The van der Waals surface area contributed by atoms with Crippen LogP contribution in [0.3, 0.4) is 0 Å². The van der Waals surface area contributed by atoms with Crippen molar-refractivity contribution in [3.63, 3.8) is 0 Å². The lowest BCUT2D eigenvalue weighted by atomic mass is 10.3. The molecule has 0 atom stereocenters. The van der Waals surface area contributed by atoms with E-state index < -0.39 is 0 Å². The van der Waals surface area contributed by atoms with Crippen LogP contribution in [0, 0.1) is 0 Å². The van der Waals surface area contributed by atoms with E-state index in [1.54, 1.807) is 24.4 Å². The zero-order chi connectivity index (χ0) is 11.6. The molecule has 0 aromatic carbocycles. The van der Waals surface area contributed by atoms with Crippen LogP contribution < -0.4 is 11.1 Å². The van der Waals surface area contributed by atoms with E-state index in [4.69, 9.17) is 10.5 Å². The molecule has 0 aliphatic heterocycles. The summed E-state index contributed by atoms with van der Waals surface area (Å²) in [6, 6.07) is 5.24. The zero-order valence-electron chi connectivity index (χ0n) is 9.19. The van der Waals surface area contributed by atoms with Crippen LogP contribution in [0.15, 0.2) is 24.4 Å². The molecule has 0 aliphatic carbocycles. The molecule has 88 valence electrons. The second-order valence-electron chi connectivity index (χ2n) is 3.23. The van der Waals surface area contributed by atoms with E-state index in [0.29, 0.717) is 32.0 Å². The molecular formula is C11H17N3O2. The highest BCUT2D eigenvalue weighted by Gasteiger charge is 2.03. The lowest BCUT2D eigenvalue weighted by molar-refractivity contribution is 0.0938. The topological polar surface area (TPSA) is 77.2 Å². The van der Waals surface area contributed by atoms with Crippen molar-refractivity contribution < 1.29 is 9.53 Å². The molecule has 16 heavy (non-hydrogen) atoms. The number of carbonyl (C=O) groups is 1. The number of nitrogens with two attached hydrogens (primary N) is 1. The van der Waals surface area contributed by atoms with Gasteiger partial charge in [-0.15, -0.1) is 0 Å². The standard InChI is InChI=1S/C11H17N3O2/c12-5-9-16-8-3-7-14-11(15)10-4-1-2-6-13-10/h1-2,4,6H,3,5,7-9,12H2,(H,14,15). The first kappa shape index (κ1) is 12.6. The first-order valence-electron chi connectivity index (χ1n) is 5.31. The van der Waals surface area contributed by atoms with E-state index in [1.165, 1.54) is 0 Å². The molecule has 0 bridgehead atoms. The van der Waals surface area contributed by atoms with Gasteiger partial charge in [-0.2, -0.15) is 0 Å². The summed E-state index contributed by atoms with van der Waals surface area (Å²) in [4.78, 5) is 15.4. The summed E-state index contributed by atoms with van der Waals surface area (Å²) in [5.74, 6) is -0.153. The summed E-state index contributed by atoms with van der Waals surface area (Å²) in [6.45, 7) is 2.29. The maximum Gasteiger partial charge on any atom is 0.269 e. The van der Waals surface area contributed by atoms with Crippen LogP contribution in [-0.4, -0.2) is 37.2 Å². The summed E-state index contributed by atoms with van der Waals surface area (Å²) < 4.78 is 5.18. The summed E-state index contributed by atoms with van der Waals surface area (Å²) in [5.41, 5.74) is 5.70. The van der Waals surface area contributed by atoms with Gasteiger partial charge in [-0.25, -0.2) is 0 Å². The number of hydrogen-bond acceptors (Lipinski definition) is 4. The van der Waals surface area contributed by atoms with E-state index in [0.717, 1.165) is 6.42 Å². The number of amides is 1. The van der Waals surface area contributed by atoms with E-state index in [9.17, 15) is 4.79 Å². The fraction of sp³-hybridized carbons (Fsp3) is 0.455. The minimum absolute atomic E-state index is 0.153. The number of rotatable bonds is 7. The molecule has 5 nitrogen and oxygen atoms in total. The second-order valence-corrected chi connectivity index (χ2v) is 3.23. The zero-order valence-corrected chi connectivity index (χ0v) is 9.19. The van der Waals surface area contributed by atoms with Gasteiger partial charge in [0.25, 0.3) is 5.91 Å². The maximum atomic E-state index is 11.5. The van der Waals surface area contributed by atoms with Crippen molar-refractivity contribution in [1.82, 2.24) is 10.3 Å². The molecule has 0 saturated heterocycles. The molecule has 1 aromatic heterocycles. The predicted molar refractivity (Wildman–Crippen MR) is 61.1 cm³/mol. The number of nitrogens with zero attached hydrogens (tertiary/aromatic N) is 1. The highest BCUT2D eigenvalue weighted by Crippen LogP contribution is 1.92. The fourth-order valence-electron chi connectivity index (χ4n) is 1.15. The molecule has 0 spiro atoms. The Morgan fingerprint density at radius 3 is 3.00 bits per heavy atom. The van der Waals surface area contributed by atoms with E-state index >= 15 is 0 Å². The molecule has 0 saturated carbocycles. The van der Waals surface area contributed by atoms with Crippen molar-refractivity contribution in [2.45, 2.75) is 6.42 Å². The smallest absolute Gasteiger partial charge is 0.269 e. The number of aromatic nitrogens is 1. The molecule has 1 amide bonds. The molecule has 5 heteroatoms. The van der Waals surface area contributed by atoms with Crippen LogP contribution in [0.2, 0.25) is 0 Å². The average Bonchev–Trinajstić information content (AvgIpc) is 2.34. The monoisotopic (exact) mass is 223 g/mol. The van der Waals surface area contributed by atoms with Gasteiger partial charge < -0.3 is 15.8 Å². The Kier molecular flexibility index (Phi) is 6.13. The number of carbonyl (C=O) groups excluding carboxylic acids is 1. The van der Waals surface area contributed by atoms with Gasteiger partial charge in [-0.1, -0.05) is 6.07 Å². The average molecular weight is 223 g/mol. The van der Waals surface area contributed by atoms with Gasteiger partial charge in [-0.3, -0.25) is 9.78 Å². The Bertz CT molecular complexity index is 303. The van der Waals surface area contributed by atoms with Crippen LogP contribution in [0.4, 0.5) is 0 Å². The molecule has 0 fully saturated rings. The number of hydrogen-bond donors (Lipinski definition) is 2. The first-order valence-corrected chi connectivity index (χ1v) is 5.31. The molecule has 0 unspecified atom stereocenters. The quantitative estimate of drug-likeness (QED) is 0.646. The molecule has 1 rings (SSSR count). The van der Waals surface area contributed by atoms with Crippen molar-refractivity contribution in [2.24, 2.45) is 5.73 Å². The second kappa shape index (κ2) is 7.78. The van der Waals surface area contributed by atoms with Crippen LogP contribution in [0.5, 0.6) is 0 Å². The Morgan fingerprint density at radius 1 is 1.44 bits per heavy atom. The first-order chi connectivity index (χ1) is 7.84. The summed E-state index contributed by atoms with van der Waals surface area (Å²) in [5, 5.41) is 2.76. The lowest BCUT2D eigenvalue weighted by Gasteiger charge is -2.04. The van der Waals surface area contributed by atoms with Crippen molar-refractivity contribution in [3.05, 3.63) is 30.1 Å². The third kappa shape index (κ3) is 4.86. The predicted octanol–water partition coefficient (Wildman–Crippen LogP) is 0.177. The third-order valence-corrected chi connectivity index (χ3v) is 1.91. The lowest BCUT2D eigenvalue weighted by Crippen LogP contribution is -2.26. The molecule has 1 aromatic rings. The van der Waals surface area contributed by atoms with Crippen molar-refractivity contribution >= 4 is 5.91 Å². The van der Waals surface area contributed by atoms with Crippen LogP contribution in [-0.2, 0) is 4.74 Å². The van der Waals surface area contributed by atoms with Gasteiger partial charge in [0.05, 0.1) is 6.61 Å². The van der Waals surface area contributed by atoms with Crippen molar-refractivity contribution in [3.8, 4) is 0 Å². The Morgan fingerprint density at radius 2 is 2.31 bits per heavy atom. The summed E-state index contributed by atoms with van der Waals surface area (Å²) in [7, 11) is 0. The Labute approximate surface area is 95.0 Å². The van der Waals surface area contributed by atoms with Crippen molar-refractivity contribution in [1.29, 1.82) is 0 Å². The van der Waals surface area contributed by atoms with Gasteiger partial charge in [0.2, 0.25) is 0 Å².